The summed E-state index contributed by atoms with van der Waals surface area (Å²) in [5.74, 6) is -0.198. The van der Waals surface area contributed by atoms with E-state index >= 15 is 0 Å². The van der Waals surface area contributed by atoms with Gasteiger partial charge >= 0.3 is 0 Å². The highest BCUT2D eigenvalue weighted by molar-refractivity contribution is 5.83. The smallest absolute Gasteiger partial charge is 0.225 e. The van der Waals surface area contributed by atoms with Gasteiger partial charge in [-0.2, -0.15) is 0 Å². The maximum absolute atomic E-state index is 10.6. The van der Waals surface area contributed by atoms with Gasteiger partial charge in [-0.05, 0) is 20.0 Å². The average Bonchev–Trinajstić information content (AvgIpc) is 1.97. The number of imide groups is 1. The van der Waals surface area contributed by atoms with E-state index in [4.69, 9.17) is 0 Å². The number of hydrogen-bond acceptors (Lipinski definition) is 3. The molecule has 0 heterocycles. The minimum atomic E-state index is -0.198. The molecule has 0 spiro atoms. The summed E-state index contributed by atoms with van der Waals surface area (Å²) in [4.78, 5) is 22.0. The summed E-state index contributed by atoms with van der Waals surface area (Å²) in [7, 11) is 1.83. The molecule has 1 N–H and O–H groups in total. The highest BCUT2D eigenvalue weighted by Crippen LogP contribution is 1.86. The molecule has 4 nitrogen and oxygen atoms in total. The lowest BCUT2D eigenvalue weighted by Crippen LogP contribution is -2.29. The number of rotatable bonds is 5. The van der Waals surface area contributed by atoms with Gasteiger partial charge in [-0.3, -0.25) is 14.5 Å². The molecule has 0 rings (SSSR count). The van der Waals surface area contributed by atoms with Crippen LogP contribution < -0.4 is 5.32 Å². The van der Waals surface area contributed by atoms with Gasteiger partial charge < -0.3 is 5.32 Å². The maximum atomic E-state index is 10.6. The molecule has 0 aliphatic heterocycles. The molecule has 11 heavy (non-hydrogen) atoms. The molecule has 0 aromatic heterocycles. The SMILES string of the molecule is CNCCCN(C=O)C(C)=O. The Morgan fingerprint density at radius 2 is 2.27 bits per heavy atom. The van der Waals surface area contributed by atoms with Crippen LogP contribution in [0.4, 0.5) is 0 Å². The Morgan fingerprint density at radius 3 is 2.64 bits per heavy atom. The largest absolute Gasteiger partial charge is 0.320 e. The Morgan fingerprint density at radius 1 is 1.64 bits per heavy atom. The van der Waals surface area contributed by atoms with Crippen molar-refractivity contribution in [3.05, 3.63) is 0 Å². The molecule has 0 atom stereocenters. The Balaban J connectivity index is 3.52. The van der Waals surface area contributed by atoms with Crippen molar-refractivity contribution in [1.82, 2.24) is 10.2 Å². The lowest BCUT2D eigenvalue weighted by atomic mass is 10.4. The fourth-order valence-electron chi connectivity index (χ4n) is 0.711. The topological polar surface area (TPSA) is 49.4 Å². The predicted molar refractivity (Wildman–Crippen MR) is 42.0 cm³/mol. The van der Waals surface area contributed by atoms with Crippen molar-refractivity contribution in [1.29, 1.82) is 0 Å². The van der Waals surface area contributed by atoms with Crippen LogP contribution in [0.1, 0.15) is 13.3 Å². The van der Waals surface area contributed by atoms with Crippen LogP contribution in [0.25, 0.3) is 0 Å². The van der Waals surface area contributed by atoms with Gasteiger partial charge in [-0.1, -0.05) is 0 Å². The number of nitrogens with one attached hydrogen (secondary N) is 1. The third-order valence-corrected chi connectivity index (χ3v) is 1.36. The van der Waals surface area contributed by atoms with E-state index in [1.54, 1.807) is 0 Å². The first-order chi connectivity index (χ1) is 5.22. The molecule has 0 bridgehead atoms. The van der Waals surface area contributed by atoms with Crippen molar-refractivity contribution in [2.24, 2.45) is 0 Å². The molecule has 0 aliphatic carbocycles. The van der Waals surface area contributed by atoms with Crippen molar-refractivity contribution < 1.29 is 9.59 Å². The molecule has 2 amide bonds. The van der Waals surface area contributed by atoms with Crippen molar-refractivity contribution in [2.75, 3.05) is 20.1 Å². The van der Waals surface area contributed by atoms with E-state index in [0.717, 1.165) is 17.9 Å². The zero-order chi connectivity index (χ0) is 8.69. The first-order valence-corrected chi connectivity index (χ1v) is 3.59. The first-order valence-electron chi connectivity index (χ1n) is 3.59. The quantitative estimate of drug-likeness (QED) is 0.437. The Bertz CT molecular complexity index is 136. The Kier molecular flexibility index (Phi) is 5.37. The fraction of sp³-hybridized carbons (Fsp3) is 0.714. The number of carbonyl (C=O) groups excluding carboxylic acids is 2. The predicted octanol–water partition coefficient (Wildman–Crippen LogP) is -0.399. The van der Waals surface area contributed by atoms with Crippen LogP contribution in [-0.4, -0.2) is 37.4 Å². The lowest BCUT2D eigenvalue weighted by Gasteiger charge is -2.11. The van der Waals surface area contributed by atoms with Crippen molar-refractivity contribution in [3.8, 4) is 0 Å². The van der Waals surface area contributed by atoms with Crippen molar-refractivity contribution >= 4 is 12.3 Å². The van der Waals surface area contributed by atoms with Crippen LogP contribution in [0.15, 0.2) is 0 Å². The maximum Gasteiger partial charge on any atom is 0.225 e. The standard InChI is InChI=1S/C7H14N2O2/c1-7(11)9(6-10)5-3-4-8-2/h6,8H,3-5H2,1-2H3. The molecule has 0 aromatic rings. The van der Waals surface area contributed by atoms with E-state index in [9.17, 15) is 9.59 Å². The zero-order valence-corrected chi connectivity index (χ0v) is 6.96. The third-order valence-electron chi connectivity index (χ3n) is 1.36. The van der Waals surface area contributed by atoms with Gasteiger partial charge in [0, 0.05) is 13.5 Å². The van der Waals surface area contributed by atoms with Crippen LogP contribution in [0.2, 0.25) is 0 Å². The number of nitrogens with zero attached hydrogens (tertiary/aromatic N) is 1. The van der Waals surface area contributed by atoms with E-state index < -0.39 is 0 Å². The second-order valence-corrected chi connectivity index (χ2v) is 2.27. The molecule has 0 unspecified atom stereocenters. The van der Waals surface area contributed by atoms with Gasteiger partial charge in [0.1, 0.15) is 0 Å². The molecule has 0 saturated carbocycles. The molecular formula is C7H14N2O2. The number of amides is 2. The van der Waals surface area contributed by atoms with Gasteiger partial charge in [-0.15, -0.1) is 0 Å². The minimum Gasteiger partial charge on any atom is -0.320 e. The highest BCUT2D eigenvalue weighted by atomic mass is 16.2. The third kappa shape index (κ3) is 4.50. The van der Waals surface area contributed by atoms with Gasteiger partial charge in [0.05, 0.1) is 0 Å². The molecule has 0 fully saturated rings. The van der Waals surface area contributed by atoms with E-state index in [-0.39, 0.29) is 5.91 Å². The molecule has 0 aliphatic rings. The summed E-state index contributed by atoms with van der Waals surface area (Å²) < 4.78 is 0. The summed E-state index contributed by atoms with van der Waals surface area (Å²) in [6.07, 6.45) is 1.37. The molecule has 0 saturated heterocycles. The monoisotopic (exact) mass is 158 g/mol. The molecule has 4 heteroatoms. The molecule has 64 valence electrons. The molecule has 0 aromatic carbocycles. The minimum absolute atomic E-state index is 0.198. The average molecular weight is 158 g/mol. The Labute approximate surface area is 66.6 Å². The van der Waals surface area contributed by atoms with Gasteiger partial charge in [0.15, 0.2) is 0 Å². The summed E-state index contributed by atoms with van der Waals surface area (Å²) in [6, 6.07) is 0. The van der Waals surface area contributed by atoms with E-state index in [1.165, 1.54) is 6.92 Å². The summed E-state index contributed by atoms with van der Waals surface area (Å²) >= 11 is 0. The first kappa shape index (κ1) is 10.1. The van der Waals surface area contributed by atoms with Crippen molar-refractivity contribution in [2.45, 2.75) is 13.3 Å². The van der Waals surface area contributed by atoms with Crippen LogP contribution in [0.3, 0.4) is 0 Å². The fourth-order valence-corrected chi connectivity index (χ4v) is 0.711. The van der Waals surface area contributed by atoms with Crippen LogP contribution in [-0.2, 0) is 9.59 Å². The van der Waals surface area contributed by atoms with Gasteiger partial charge in [-0.25, -0.2) is 0 Å². The Hall–Kier alpha value is -0.900. The van der Waals surface area contributed by atoms with Crippen LogP contribution >= 0.6 is 0 Å². The summed E-state index contributed by atoms with van der Waals surface area (Å²) in [5, 5.41) is 2.93. The van der Waals surface area contributed by atoms with E-state index in [0.29, 0.717) is 13.0 Å². The lowest BCUT2D eigenvalue weighted by molar-refractivity contribution is -0.136. The van der Waals surface area contributed by atoms with E-state index in [2.05, 4.69) is 5.32 Å². The van der Waals surface area contributed by atoms with Crippen LogP contribution in [0, 0.1) is 0 Å². The molecular weight excluding hydrogens is 144 g/mol. The summed E-state index contributed by atoms with van der Waals surface area (Å²) in [5.41, 5.74) is 0. The summed E-state index contributed by atoms with van der Waals surface area (Å²) in [6.45, 7) is 2.70. The van der Waals surface area contributed by atoms with Crippen molar-refractivity contribution in [3.63, 3.8) is 0 Å². The second-order valence-electron chi connectivity index (χ2n) is 2.27. The number of carbonyl (C=O) groups is 2. The second kappa shape index (κ2) is 5.85. The normalized spacial score (nSPS) is 9.27. The zero-order valence-electron chi connectivity index (χ0n) is 6.96. The molecule has 0 radical (unpaired) electrons. The van der Waals surface area contributed by atoms with E-state index in [1.807, 2.05) is 7.05 Å². The van der Waals surface area contributed by atoms with Crippen LogP contribution in [0.5, 0.6) is 0 Å². The van der Waals surface area contributed by atoms with Gasteiger partial charge in [0.2, 0.25) is 12.3 Å². The van der Waals surface area contributed by atoms with Gasteiger partial charge in [0.25, 0.3) is 0 Å². The highest BCUT2D eigenvalue weighted by Gasteiger charge is 2.04. The number of hydrogen-bond donors (Lipinski definition) is 1.